The van der Waals surface area contributed by atoms with Gasteiger partial charge in [0, 0.05) is 5.69 Å². The molecule has 5 nitrogen and oxygen atoms in total. The Morgan fingerprint density at radius 3 is 2.35 bits per heavy atom. The van der Waals surface area contributed by atoms with Crippen LogP contribution in [0, 0.1) is 5.82 Å². The first-order chi connectivity index (χ1) is 9.36. The number of nitrogens with zero attached hydrogens (tertiary/aromatic N) is 1. The van der Waals surface area contributed by atoms with Crippen LogP contribution in [0.15, 0.2) is 47.5 Å². The molecule has 1 atom stereocenters. The first-order valence-corrected chi connectivity index (χ1v) is 7.42. The average Bonchev–Trinajstić information content (AvgIpc) is 2.39. The highest BCUT2D eigenvalue weighted by Crippen LogP contribution is 2.19. The van der Waals surface area contributed by atoms with E-state index in [1.165, 1.54) is 18.2 Å². The first-order valence-electron chi connectivity index (χ1n) is 5.87. The van der Waals surface area contributed by atoms with Crippen LogP contribution in [0.2, 0.25) is 0 Å². The van der Waals surface area contributed by atoms with E-state index in [2.05, 4.69) is 10.3 Å². The first kappa shape index (κ1) is 14.4. The van der Waals surface area contributed by atoms with Gasteiger partial charge in [-0.3, -0.25) is 4.98 Å². The van der Waals surface area contributed by atoms with Gasteiger partial charge in [0.05, 0.1) is 22.8 Å². The number of halogens is 1. The van der Waals surface area contributed by atoms with Crippen molar-refractivity contribution in [3.05, 3.63) is 54.1 Å². The van der Waals surface area contributed by atoms with E-state index in [1.54, 1.807) is 18.2 Å². The van der Waals surface area contributed by atoms with Crippen molar-refractivity contribution < 1.29 is 12.8 Å². The lowest BCUT2D eigenvalue weighted by atomic mass is 10.2. The molecule has 0 saturated carbocycles. The Labute approximate surface area is 116 Å². The molecule has 7 heteroatoms. The molecule has 0 radical (unpaired) electrons. The maximum Gasteiger partial charge on any atom is 0.238 e. The molecule has 0 bridgehead atoms. The van der Waals surface area contributed by atoms with Crippen LogP contribution in [-0.4, -0.2) is 13.4 Å². The SMILES string of the molecule is CC(Nc1ccc(S(N)(=O)=O)cc1)c1ccc(F)cn1. The minimum atomic E-state index is -3.69. The number of rotatable bonds is 4. The zero-order valence-corrected chi connectivity index (χ0v) is 11.6. The molecule has 2 rings (SSSR count). The third-order valence-electron chi connectivity index (χ3n) is 2.76. The van der Waals surface area contributed by atoms with E-state index in [0.717, 1.165) is 11.9 Å². The van der Waals surface area contributed by atoms with E-state index in [1.807, 2.05) is 6.92 Å². The quantitative estimate of drug-likeness (QED) is 0.904. The largest absolute Gasteiger partial charge is 0.377 e. The highest BCUT2D eigenvalue weighted by Gasteiger charge is 2.09. The molecular weight excluding hydrogens is 281 g/mol. The summed E-state index contributed by atoms with van der Waals surface area (Å²) in [7, 11) is -3.69. The van der Waals surface area contributed by atoms with Crippen molar-refractivity contribution >= 4 is 15.7 Å². The number of nitrogens with two attached hydrogens (primary N) is 1. The molecule has 106 valence electrons. The lowest BCUT2D eigenvalue weighted by Crippen LogP contribution is -2.12. The van der Waals surface area contributed by atoms with Crippen molar-refractivity contribution in [2.24, 2.45) is 5.14 Å². The lowest BCUT2D eigenvalue weighted by molar-refractivity contribution is 0.598. The highest BCUT2D eigenvalue weighted by atomic mass is 32.2. The smallest absolute Gasteiger partial charge is 0.238 e. The van der Waals surface area contributed by atoms with E-state index >= 15 is 0 Å². The Kier molecular flexibility index (Phi) is 4.01. The van der Waals surface area contributed by atoms with Gasteiger partial charge < -0.3 is 5.32 Å². The number of hydrogen-bond donors (Lipinski definition) is 2. The summed E-state index contributed by atoms with van der Waals surface area (Å²) < 4.78 is 35.0. The van der Waals surface area contributed by atoms with Gasteiger partial charge in [0.25, 0.3) is 0 Å². The number of aromatic nitrogens is 1. The molecule has 0 aliphatic rings. The van der Waals surface area contributed by atoms with Gasteiger partial charge in [-0.25, -0.2) is 17.9 Å². The van der Waals surface area contributed by atoms with Crippen molar-refractivity contribution in [3.63, 3.8) is 0 Å². The highest BCUT2D eigenvalue weighted by molar-refractivity contribution is 7.89. The molecule has 3 N–H and O–H groups in total. The van der Waals surface area contributed by atoms with E-state index in [-0.39, 0.29) is 10.9 Å². The second-order valence-electron chi connectivity index (χ2n) is 4.34. The maximum atomic E-state index is 12.8. The Bertz CT molecular complexity index is 685. The molecule has 0 aliphatic heterocycles. The van der Waals surface area contributed by atoms with Crippen molar-refractivity contribution in [1.29, 1.82) is 0 Å². The summed E-state index contributed by atoms with van der Waals surface area (Å²) in [4.78, 5) is 4.03. The molecule has 0 aliphatic carbocycles. The second-order valence-corrected chi connectivity index (χ2v) is 5.90. The summed E-state index contributed by atoms with van der Waals surface area (Å²) in [6.45, 7) is 1.87. The number of benzene rings is 1. The van der Waals surface area contributed by atoms with Crippen LogP contribution in [0.3, 0.4) is 0 Å². The summed E-state index contributed by atoms with van der Waals surface area (Å²) in [5.41, 5.74) is 1.40. The molecule has 1 unspecified atom stereocenters. The molecule has 1 heterocycles. The Morgan fingerprint density at radius 2 is 1.85 bits per heavy atom. The Hall–Kier alpha value is -1.99. The molecule has 0 saturated heterocycles. The van der Waals surface area contributed by atoms with E-state index in [9.17, 15) is 12.8 Å². The number of nitrogens with one attached hydrogen (secondary N) is 1. The van der Waals surface area contributed by atoms with E-state index in [4.69, 9.17) is 5.14 Å². The predicted octanol–water partition coefficient (Wildman–Crippen LogP) is 2.04. The standard InChI is InChI=1S/C13H14FN3O2S/c1-9(13-7-2-10(14)8-16-13)17-11-3-5-12(6-4-11)20(15,18)19/h2-9,17H,1H3,(H2,15,18,19). The van der Waals surface area contributed by atoms with Crippen LogP contribution in [0.4, 0.5) is 10.1 Å². The van der Waals surface area contributed by atoms with E-state index in [0.29, 0.717) is 5.69 Å². The van der Waals surface area contributed by atoms with Gasteiger partial charge in [-0.2, -0.15) is 0 Å². The fourth-order valence-electron chi connectivity index (χ4n) is 1.71. The molecule has 1 aromatic carbocycles. The summed E-state index contributed by atoms with van der Waals surface area (Å²) >= 11 is 0. The number of primary sulfonamides is 1. The number of hydrogen-bond acceptors (Lipinski definition) is 4. The Balaban J connectivity index is 2.12. The van der Waals surface area contributed by atoms with Gasteiger partial charge in [-0.05, 0) is 43.3 Å². The molecule has 1 aromatic heterocycles. The summed E-state index contributed by atoms with van der Waals surface area (Å²) in [6, 6.07) is 8.84. The third-order valence-corrected chi connectivity index (χ3v) is 3.69. The van der Waals surface area contributed by atoms with Crippen molar-refractivity contribution in [1.82, 2.24) is 4.98 Å². The van der Waals surface area contributed by atoms with Crippen molar-refractivity contribution in [3.8, 4) is 0 Å². The van der Waals surface area contributed by atoms with Crippen LogP contribution in [0.25, 0.3) is 0 Å². The van der Waals surface area contributed by atoms with Crippen molar-refractivity contribution in [2.75, 3.05) is 5.32 Å². The summed E-state index contributed by atoms with van der Waals surface area (Å²) in [6.07, 6.45) is 1.15. The average molecular weight is 295 g/mol. The van der Waals surface area contributed by atoms with Crippen LogP contribution in [0.5, 0.6) is 0 Å². The second kappa shape index (κ2) is 5.56. The number of sulfonamides is 1. The van der Waals surface area contributed by atoms with Crippen LogP contribution in [0.1, 0.15) is 18.7 Å². The third kappa shape index (κ3) is 3.52. The van der Waals surface area contributed by atoms with Crippen LogP contribution < -0.4 is 10.5 Å². The van der Waals surface area contributed by atoms with Gasteiger partial charge in [0.2, 0.25) is 10.0 Å². The maximum absolute atomic E-state index is 12.8. The molecule has 20 heavy (non-hydrogen) atoms. The summed E-state index contributed by atoms with van der Waals surface area (Å²) in [5.74, 6) is -0.390. The summed E-state index contributed by atoms with van der Waals surface area (Å²) in [5, 5.41) is 8.16. The van der Waals surface area contributed by atoms with Crippen LogP contribution in [-0.2, 0) is 10.0 Å². The van der Waals surface area contributed by atoms with Gasteiger partial charge in [0.15, 0.2) is 0 Å². The van der Waals surface area contributed by atoms with Gasteiger partial charge in [-0.15, -0.1) is 0 Å². The normalized spacial score (nSPS) is 12.9. The number of pyridine rings is 1. The lowest BCUT2D eigenvalue weighted by Gasteiger charge is -2.14. The predicted molar refractivity (Wildman–Crippen MR) is 74.0 cm³/mol. The molecule has 0 amide bonds. The van der Waals surface area contributed by atoms with E-state index < -0.39 is 15.8 Å². The van der Waals surface area contributed by atoms with Gasteiger partial charge >= 0.3 is 0 Å². The fourth-order valence-corrected chi connectivity index (χ4v) is 2.22. The molecule has 0 fully saturated rings. The topological polar surface area (TPSA) is 85.1 Å². The molecular formula is C13H14FN3O2S. The fraction of sp³-hybridized carbons (Fsp3) is 0.154. The monoisotopic (exact) mass is 295 g/mol. The van der Waals surface area contributed by atoms with Crippen LogP contribution >= 0.6 is 0 Å². The molecule has 0 spiro atoms. The molecule has 2 aromatic rings. The zero-order chi connectivity index (χ0) is 14.8. The van der Waals surface area contributed by atoms with Crippen molar-refractivity contribution in [2.45, 2.75) is 17.9 Å². The Morgan fingerprint density at radius 1 is 1.20 bits per heavy atom. The van der Waals surface area contributed by atoms with Gasteiger partial charge in [-0.1, -0.05) is 0 Å². The minimum Gasteiger partial charge on any atom is -0.377 e. The number of anilines is 1. The van der Waals surface area contributed by atoms with Gasteiger partial charge in [0.1, 0.15) is 5.82 Å². The minimum absolute atomic E-state index is 0.0515. The zero-order valence-electron chi connectivity index (χ0n) is 10.7.